The Morgan fingerprint density at radius 3 is 1.03 bits per heavy atom. The van der Waals surface area contributed by atoms with Gasteiger partial charge in [-0.15, -0.1) is 0 Å². The first kappa shape index (κ1) is 34.4. The molecule has 0 saturated carbocycles. The predicted octanol–water partition coefficient (Wildman–Crippen LogP) is 12.0. The summed E-state index contributed by atoms with van der Waals surface area (Å²) in [7, 11) is 0. The zero-order chi connectivity index (χ0) is 26.7. The van der Waals surface area contributed by atoms with Gasteiger partial charge in [-0.05, 0) is 25.7 Å². The van der Waals surface area contributed by atoms with Gasteiger partial charge in [0.15, 0.2) is 0 Å². The molecular formula is C35H70N2. The molecule has 0 aromatic heterocycles. The van der Waals surface area contributed by atoms with Crippen molar-refractivity contribution in [3.8, 4) is 0 Å². The third-order valence-electron chi connectivity index (χ3n) is 8.57. The van der Waals surface area contributed by atoms with Crippen molar-refractivity contribution in [1.29, 1.82) is 0 Å². The lowest BCUT2D eigenvalue weighted by atomic mass is 10.0. The molecule has 1 rings (SSSR count). The van der Waals surface area contributed by atoms with Crippen LogP contribution in [0.25, 0.3) is 0 Å². The second-order valence-corrected chi connectivity index (χ2v) is 12.2. The summed E-state index contributed by atoms with van der Waals surface area (Å²) >= 11 is 0. The topological polar surface area (TPSA) is 6.48 Å². The van der Waals surface area contributed by atoms with E-state index in [9.17, 15) is 0 Å². The summed E-state index contributed by atoms with van der Waals surface area (Å²) < 4.78 is 0. The second-order valence-electron chi connectivity index (χ2n) is 12.2. The highest BCUT2D eigenvalue weighted by Crippen LogP contribution is 2.23. The molecule has 1 unspecified atom stereocenters. The minimum atomic E-state index is 0.641. The molecule has 0 saturated heterocycles. The van der Waals surface area contributed by atoms with Gasteiger partial charge in [0.25, 0.3) is 0 Å². The SMILES string of the molecule is CCCCCCCCCCCCCCCCCN1C=CN(CCCC)C1CCCCCCCCCCC. The molecule has 0 aliphatic carbocycles. The van der Waals surface area contributed by atoms with E-state index in [1.807, 2.05) is 0 Å². The van der Waals surface area contributed by atoms with Crippen LogP contribution in [-0.2, 0) is 0 Å². The van der Waals surface area contributed by atoms with Crippen molar-refractivity contribution >= 4 is 0 Å². The van der Waals surface area contributed by atoms with Crippen LogP contribution in [0.4, 0.5) is 0 Å². The Hall–Kier alpha value is -0.660. The van der Waals surface area contributed by atoms with E-state index in [0.29, 0.717) is 6.17 Å². The van der Waals surface area contributed by atoms with Gasteiger partial charge in [0.05, 0.1) is 0 Å². The van der Waals surface area contributed by atoms with E-state index in [4.69, 9.17) is 0 Å². The largest absolute Gasteiger partial charge is 0.356 e. The van der Waals surface area contributed by atoms with Crippen LogP contribution in [0.2, 0.25) is 0 Å². The maximum Gasteiger partial charge on any atom is 0.101 e. The lowest BCUT2D eigenvalue weighted by Gasteiger charge is -2.33. The van der Waals surface area contributed by atoms with Crippen LogP contribution in [0, 0.1) is 0 Å². The van der Waals surface area contributed by atoms with Crippen molar-refractivity contribution in [2.24, 2.45) is 0 Å². The number of hydrogen-bond donors (Lipinski definition) is 0. The maximum absolute atomic E-state index is 2.68. The lowest BCUT2D eigenvalue weighted by Crippen LogP contribution is -2.39. The van der Waals surface area contributed by atoms with E-state index in [1.54, 1.807) is 0 Å². The predicted molar refractivity (Wildman–Crippen MR) is 168 cm³/mol. The van der Waals surface area contributed by atoms with E-state index in [0.717, 1.165) is 0 Å². The van der Waals surface area contributed by atoms with Crippen molar-refractivity contribution in [2.75, 3.05) is 13.1 Å². The number of nitrogens with zero attached hydrogens (tertiary/aromatic N) is 2. The third-order valence-corrected chi connectivity index (χ3v) is 8.57. The van der Waals surface area contributed by atoms with Crippen LogP contribution in [-0.4, -0.2) is 29.1 Å². The molecule has 2 nitrogen and oxygen atoms in total. The summed E-state index contributed by atoms with van der Waals surface area (Å²) in [5.74, 6) is 0. The molecule has 2 heteroatoms. The summed E-state index contributed by atoms with van der Waals surface area (Å²) in [6.07, 6.45) is 44.1. The first-order valence-electron chi connectivity index (χ1n) is 17.5. The normalized spacial score (nSPS) is 15.4. The smallest absolute Gasteiger partial charge is 0.101 e. The number of hydrogen-bond acceptors (Lipinski definition) is 2. The fraction of sp³-hybridized carbons (Fsp3) is 0.943. The molecule has 0 fully saturated rings. The highest BCUT2D eigenvalue weighted by Gasteiger charge is 2.24. The molecule has 0 amide bonds. The molecule has 0 radical (unpaired) electrons. The summed E-state index contributed by atoms with van der Waals surface area (Å²) in [5.41, 5.74) is 0. The Morgan fingerprint density at radius 2 is 0.649 bits per heavy atom. The number of unbranched alkanes of at least 4 members (excludes halogenated alkanes) is 23. The van der Waals surface area contributed by atoms with Gasteiger partial charge in [0, 0.05) is 25.5 Å². The zero-order valence-electron chi connectivity index (χ0n) is 26.1. The van der Waals surface area contributed by atoms with Gasteiger partial charge in [-0.2, -0.15) is 0 Å². The highest BCUT2D eigenvalue weighted by molar-refractivity contribution is 4.96. The molecule has 220 valence electrons. The molecule has 0 spiro atoms. The van der Waals surface area contributed by atoms with Gasteiger partial charge >= 0.3 is 0 Å². The average molecular weight is 519 g/mol. The van der Waals surface area contributed by atoms with Crippen molar-refractivity contribution in [3.63, 3.8) is 0 Å². The van der Waals surface area contributed by atoms with Gasteiger partial charge in [-0.3, -0.25) is 0 Å². The van der Waals surface area contributed by atoms with Gasteiger partial charge in [0.1, 0.15) is 6.17 Å². The average Bonchev–Trinajstić information content (AvgIpc) is 3.29. The summed E-state index contributed by atoms with van der Waals surface area (Å²) in [5, 5.41) is 0. The van der Waals surface area contributed by atoms with Gasteiger partial charge in [-0.25, -0.2) is 0 Å². The second kappa shape index (κ2) is 26.9. The molecule has 0 aromatic carbocycles. The minimum Gasteiger partial charge on any atom is -0.356 e. The minimum absolute atomic E-state index is 0.641. The quantitative estimate of drug-likeness (QED) is 0.0908. The molecule has 0 bridgehead atoms. The van der Waals surface area contributed by atoms with E-state index in [2.05, 4.69) is 43.0 Å². The summed E-state index contributed by atoms with van der Waals surface area (Å²) in [4.78, 5) is 5.34. The molecule has 0 aromatic rings. The van der Waals surface area contributed by atoms with Crippen molar-refractivity contribution in [2.45, 2.75) is 200 Å². The molecular weight excluding hydrogens is 448 g/mol. The Morgan fingerprint density at radius 1 is 0.351 bits per heavy atom. The van der Waals surface area contributed by atoms with Crippen molar-refractivity contribution in [1.82, 2.24) is 9.80 Å². The van der Waals surface area contributed by atoms with Crippen LogP contribution in [0.15, 0.2) is 12.4 Å². The van der Waals surface area contributed by atoms with Crippen LogP contribution >= 0.6 is 0 Å². The number of rotatable bonds is 29. The molecule has 1 aliphatic heterocycles. The van der Waals surface area contributed by atoms with Crippen LogP contribution < -0.4 is 0 Å². The van der Waals surface area contributed by atoms with Crippen molar-refractivity contribution < 1.29 is 0 Å². The fourth-order valence-electron chi connectivity index (χ4n) is 5.98. The zero-order valence-corrected chi connectivity index (χ0v) is 26.1. The molecule has 0 N–H and O–H groups in total. The van der Waals surface area contributed by atoms with Crippen LogP contribution in [0.1, 0.15) is 194 Å². The van der Waals surface area contributed by atoms with E-state index in [-0.39, 0.29) is 0 Å². The Labute approximate surface area is 235 Å². The van der Waals surface area contributed by atoms with E-state index in [1.165, 1.54) is 186 Å². The Bertz CT molecular complexity index is 474. The Balaban J connectivity index is 2.05. The van der Waals surface area contributed by atoms with Crippen LogP contribution in [0.3, 0.4) is 0 Å². The lowest BCUT2D eigenvalue weighted by molar-refractivity contribution is 0.136. The standard InChI is InChI=1S/C35H70N2/c1-4-7-10-12-14-16-17-18-19-20-21-23-25-27-29-32-37-34-33-36(31-9-6-3)35(37)30-28-26-24-22-15-13-11-8-5-2/h33-35H,4-32H2,1-3H3. The summed E-state index contributed by atoms with van der Waals surface area (Å²) in [6.45, 7) is 9.44. The fourth-order valence-corrected chi connectivity index (χ4v) is 5.98. The van der Waals surface area contributed by atoms with E-state index >= 15 is 0 Å². The van der Waals surface area contributed by atoms with E-state index < -0.39 is 0 Å². The maximum atomic E-state index is 2.68. The van der Waals surface area contributed by atoms with Gasteiger partial charge < -0.3 is 9.80 Å². The van der Waals surface area contributed by atoms with Crippen LogP contribution in [0.5, 0.6) is 0 Å². The third kappa shape index (κ3) is 20.0. The molecule has 1 atom stereocenters. The van der Waals surface area contributed by atoms with Gasteiger partial charge in [-0.1, -0.05) is 168 Å². The van der Waals surface area contributed by atoms with Crippen molar-refractivity contribution in [3.05, 3.63) is 12.4 Å². The highest BCUT2D eigenvalue weighted by atomic mass is 15.4. The monoisotopic (exact) mass is 519 g/mol. The first-order chi connectivity index (χ1) is 18.3. The molecule has 37 heavy (non-hydrogen) atoms. The molecule has 1 heterocycles. The summed E-state index contributed by atoms with van der Waals surface area (Å²) in [6, 6.07) is 0. The van der Waals surface area contributed by atoms with Gasteiger partial charge in [0.2, 0.25) is 0 Å². The first-order valence-corrected chi connectivity index (χ1v) is 17.5. The Kier molecular flexibility index (Phi) is 25.0. The molecule has 1 aliphatic rings.